The molecule has 0 saturated carbocycles. The second-order valence-corrected chi connectivity index (χ2v) is 4.54. The van der Waals surface area contributed by atoms with Gasteiger partial charge in [-0.05, 0) is 19.9 Å². The van der Waals surface area contributed by atoms with E-state index in [0.29, 0.717) is 16.4 Å². The molecule has 1 N–H and O–H groups in total. The molecule has 7 nitrogen and oxygen atoms in total. The SMILES string of the molecule is Cc1nn(-c2ccc([N+](=O)[O-])cc2C(=O)O)c(C)c1Cl. The molecule has 0 aliphatic rings. The number of nitro benzene ring substituents is 1. The molecule has 0 bridgehead atoms. The van der Waals surface area contributed by atoms with Gasteiger partial charge in [0, 0.05) is 12.1 Å². The monoisotopic (exact) mass is 295 g/mol. The fourth-order valence-corrected chi connectivity index (χ4v) is 1.97. The van der Waals surface area contributed by atoms with Crippen LogP contribution < -0.4 is 0 Å². The number of nitro groups is 1. The molecule has 0 saturated heterocycles. The summed E-state index contributed by atoms with van der Waals surface area (Å²) in [6.07, 6.45) is 0. The largest absolute Gasteiger partial charge is 0.478 e. The smallest absolute Gasteiger partial charge is 0.338 e. The predicted molar refractivity (Wildman–Crippen MR) is 71.7 cm³/mol. The molecule has 0 aliphatic carbocycles. The summed E-state index contributed by atoms with van der Waals surface area (Å²) in [7, 11) is 0. The Morgan fingerprint density at radius 1 is 1.45 bits per heavy atom. The van der Waals surface area contributed by atoms with Crippen LogP contribution in [0.5, 0.6) is 0 Å². The van der Waals surface area contributed by atoms with E-state index in [2.05, 4.69) is 5.10 Å². The molecule has 104 valence electrons. The van der Waals surface area contributed by atoms with E-state index in [1.165, 1.54) is 16.8 Å². The topological polar surface area (TPSA) is 98.3 Å². The lowest BCUT2D eigenvalue weighted by atomic mass is 10.1. The number of aromatic nitrogens is 2. The van der Waals surface area contributed by atoms with Crippen LogP contribution in [0, 0.1) is 24.0 Å². The van der Waals surface area contributed by atoms with Crippen LogP contribution in [0.15, 0.2) is 18.2 Å². The summed E-state index contributed by atoms with van der Waals surface area (Å²) in [4.78, 5) is 21.3. The van der Waals surface area contributed by atoms with E-state index in [9.17, 15) is 20.0 Å². The van der Waals surface area contributed by atoms with Crippen molar-refractivity contribution in [1.82, 2.24) is 9.78 Å². The van der Waals surface area contributed by atoms with Crippen LogP contribution in [0.3, 0.4) is 0 Å². The lowest BCUT2D eigenvalue weighted by Gasteiger charge is -2.08. The first-order valence-electron chi connectivity index (χ1n) is 5.56. The molecule has 0 unspecified atom stereocenters. The highest BCUT2D eigenvalue weighted by molar-refractivity contribution is 6.31. The maximum Gasteiger partial charge on any atom is 0.338 e. The highest BCUT2D eigenvalue weighted by Crippen LogP contribution is 2.26. The zero-order valence-electron chi connectivity index (χ0n) is 10.6. The first-order valence-corrected chi connectivity index (χ1v) is 5.94. The Balaban J connectivity index is 2.70. The van der Waals surface area contributed by atoms with Gasteiger partial charge in [-0.25, -0.2) is 9.48 Å². The van der Waals surface area contributed by atoms with Gasteiger partial charge in [-0.15, -0.1) is 0 Å². The summed E-state index contributed by atoms with van der Waals surface area (Å²) >= 11 is 6.02. The van der Waals surface area contributed by atoms with Crippen LogP contribution in [0.1, 0.15) is 21.7 Å². The Hall–Kier alpha value is -2.41. The van der Waals surface area contributed by atoms with Gasteiger partial charge in [-0.1, -0.05) is 11.6 Å². The molecule has 2 rings (SSSR count). The number of non-ortho nitro benzene ring substituents is 1. The predicted octanol–water partition coefficient (Wildman–Crippen LogP) is 2.75. The van der Waals surface area contributed by atoms with Gasteiger partial charge in [-0.2, -0.15) is 5.10 Å². The Kier molecular flexibility index (Phi) is 3.46. The van der Waals surface area contributed by atoms with Crippen LogP contribution >= 0.6 is 11.6 Å². The standard InChI is InChI=1S/C12H10ClN3O4/c1-6-11(13)7(2)15(14-6)10-4-3-8(16(19)20)5-9(10)12(17)18/h3-5H,1-2H3,(H,17,18). The summed E-state index contributed by atoms with van der Waals surface area (Å²) in [6.45, 7) is 3.38. The highest BCUT2D eigenvalue weighted by Gasteiger charge is 2.20. The molecule has 0 atom stereocenters. The number of carboxylic acids is 1. The number of hydrogen-bond donors (Lipinski definition) is 1. The van der Waals surface area contributed by atoms with Crippen molar-refractivity contribution in [2.75, 3.05) is 0 Å². The average Bonchev–Trinajstić information content (AvgIpc) is 2.65. The normalized spacial score (nSPS) is 10.6. The summed E-state index contributed by atoms with van der Waals surface area (Å²) in [5, 5.41) is 24.5. The Labute approximate surface area is 118 Å². The molecule has 20 heavy (non-hydrogen) atoms. The Morgan fingerprint density at radius 3 is 2.55 bits per heavy atom. The third-order valence-electron chi connectivity index (χ3n) is 2.85. The van der Waals surface area contributed by atoms with Crippen LogP contribution in [-0.4, -0.2) is 25.8 Å². The number of aryl methyl sites for hydroxylation is 1. The van der Waals surface area contributed by atoms with Crippen molar-refractivity contribution in [3.63, 3.8) is 0 Å². The van der Waals surface area contributed by atoms with Gasteiger partial charge < -0.3 is 5.11 Å². The highest BCUT2D eigenvalue weighted by atomic mass is 35.5. The van der Waals surface area contributed by atoms with Gasteiger partial charge in [0.2, 0.25) is 0 Å². The van der Waals surface area contributed by atoms with Gasteiger partial charge in [-0.3, -0.25) is 10.1 Å². The first-order chi connectivity index (χ1) is 9.32. The van der Waals surface area contributed by atoms with Crippen molar-refractivity contribution < 1.29 is 14.8 Å². The van der Waals surface area contributed by atoms with Crippen molar-refractivity contribution in [2.24, 2.45) is 0 Å². The molecule has 0 amide bonds. The van der Waals surface area contributed by atoms with Crippen molar-refractivity contribution in [1.29, 1.82) is 0 Å². The molecule has 0 fully saturated rings. The van der Waals surface area contributed by atoms with E-state index in [1.807, 2.05) is 0 Å². The molecule has 1 heterocycles. The maximum absolute atomic E-state index is 11.3. The van der Waals surface area contributed by atoms with E-state index >= 15 is 0 Å². The number of benzene rings is 1. The van der Waals surface area contributed by atoms with Crippen LogP contribution in [0.2, 0.25) is 5.02 Å². The van der Waals surface area contributed by atoms with E-state index in [4.69, 9.17) is 11.6 Å². The minimum Gasteiger partial charge on any atom is -0.478 e. The molecule has 2 aromatic rings. The first kappa shape index (κ1) is 14.0. The van der Waals surface area contributed by atoms with Gasteiger partial charge >= 0.3 is 5.97 Å². The molecular weight excluding hydrogens is 286 g/mol. The molecular formula is C12H10ClN3O4. The lowest BCUT2D eigenvalue weighted by Crippen LogP contribution is -2.08. The van der Waals surface area contributed by atoms with E-state index in [1.54, 1.807) is 13.8 Å². The van der Waals surface area contributed by atoms with Crippen LogP contribution in [0.25, 0.3) is 5.69 Å². The fourth-order valence-electron chi connectivity index (χ4n) is 1.85. The number of rotatable bonds is 3. The summed E-state index contributed by atoms with van der Waals surface area (Å²) < 4.78 is 1.37. The number of halogens is 1. The number of carboxylic acid groups (broad SMARTS) is 1. The number of aromatic carboxylic acids is 1. The van der Waals surface area contributed by atoms with Crippen molar-refractivity contribution in [2.45, 2.75) is 13.8 Å². The molecule has 8 heteroatoms. The maximum atomic E-state index is 11.3. The molecule has 1 aromatic carbocycles. The zero-order chi connectivity index (χ0) is 15.0. The van der Waals surface area contributed by atoms with E-state index < -0.39 is 10.9 Å². The van der Waals surface area contributed by atoms with Crippen molar-refractivity contribution >= 4 is 23.3 Å². The molecule has 0 aliphatic heterocycles. The minimum absolute atomic E-state index is 0.207. The third-order valence-corrected chi connectivity index (χ3v) is 3.40. The number of hydrogen-bond acceptors (Lipinski definition) is 4. The van der Waals surface area contributed by atoms with Gasteiger partial charge in [0.1, 0.15) is 0 Å². The second kappa shape index (κ2) is 4.93. The molecule has 0 radical (unpaired) electrons. The summed E-state index contributed by atoms with van der Waals surface area (Å²) in [5.74, 6) is -1.27. The molecule has 1 aromatic heterocycles. The zero-order valence-corrected chi connectivity index (χ0v) is 11.4. The number of carbonyl (C=O) groups is 1. The fraction of sp³-hybridized carbons (Fsp3) is 0.167. The van der Waals surface area contributed by atoms with E-state index in [0.717, 1.165) is 6.07 Å². The Morgan fingerprint density at radius 2 is 2.10 bits per heavy atom. The van der Waals surface area contributed by atoms with Gasteiger partial charge in [0.05, 0.1) is 32.6 Å². The van der Waals surface area contributed by atoms with Gasteiger partial charge in [0.15, 0.2) is 0 Å². The van der Waals surface area contributed by atoms with Gasteiger partial charge in [0.25, 0.3) is 5.69 Å². The Bertz CT molecular complexity index is 724. The van der Waals surface area contributed by atoms with E-state index in [-0.39, 0.29) is 16.9 Å². The average molecular weight is 296 g/mol. The molecule has 0 spiro atoms. The summed E-state index contributed by atoms with van der Waals surface area (Å²) in [5.41, 5.74) is 0.857. The quantitative estimate of drug-likeness (QED) is 0.693. The van der Waals surface area contributed by atoms with Crippen LogP contribution in [-0.2, 0) is 0 Å². The second-order valence-electron chi connectivity index (χ2n) is 4.16. The number of nitrogens with zero attached hydrogens (tertiary/aromatic N) is 3. The van der Waals surface area contributed by atoms with Crippen molar-refractivity contribution in [3.8, 4) is 5.69 Å². The van der Waals surface area contributed by atoms with Crippen LogP contribution in [0.4, 0.5) is 5.69 Å². The lowest BCUT2D eigenvalue weighted by molar-refractivity contribution is -0.384. The summed E-state index contributed by atoms with van der Waals surface area (Å²) in [6, 6.07) is 3.57. The minimum atomic E-state index is -1.27. The third kappa shape index (κ3) is 2.23. The van der Waals surface area contributed by atoms with Crippen molar-refractivity contribution in [3.05, 3.63) is 50.3 Å².